The normalized spacial score (nSPS) is 11.3. The lowest BCUT2D eigenvalue weighted by Crippen LogP contribution is -2.17. The van der Waals surface area contributed by atoms with Gasteiger partial charge in [0.15, 0.2) is 12.4 Å². The fourth-order valence-corrected chi connectivity index (χ4v) is 5.14. The number of hydrogen-bond donors (Lipinski definition) is 2. The molecule has 2 amide bonds. The van der Waals surface area contributed by atoms with Gasteiger partial charge in [-0.25, -0.2) is 18.4 Å². The summed E-state index contributed by atoms with van der Waals surface area (Å²) < 4.78 is 36.0. The number of alkyl halides is 2. The summed E-state index contributed by atoms with van der Waals surface area (Å²) in [6, 6.07) is 9.45. The summed E-state index contributed by atoms with van der Waals surface area (Å²) in [5.41, 5.74) is 6.66. The second-order valence-electron chi connectivity index (χ2n) is 8.47. The van der Waals surface area contributed by atoms with E-state index in [0.29, 0.717) is 33.0 Å². The molecule has 4 aromatic heterocycles. The summed E-state index contributed by atoms with van der Waals surface area (Å²) in [4.78, 5) is 29.7. The minimum Gasteiger partial charge on any atom is -0.471 e. The van der Waals surface area contributed by atoms with Gasteiger partial charge in [0.05, 0.1) is 11.4 Å². The zero-order valence-corrected chi connectivity index (χ0v) is 22.1. The largest absolute Gasteiger partial charge is 0.471 e. The Balaban J connectivity index is 1.51. The number of pyridine rings is 1. The Morgan fingerprint density at radius 3 is 2.56 bits per heavy atom. The summed E-state index contributed by atoms with van der Waals surface area (Å²) in [5.74, 6) is -0.928. The maximum absolute atomic E-state index is 13.7. The van der Waals surface area contributed by atoms with E-state index in [0.717, 1.165) is 11.3 Å². The van der Waals surface area contributed by atoms with E-state index in [-0.39, 0.29) is 27.8 Å². The number of primary amides is 1. The number of carbonyl (C=O) groups is 2. The van der Waals surface area contributed by atoms with Crippen LogP contribution in [-0.4, -0.2) is 36.4 Å². The van der Waals surface area contributed by atoms with Gasteiger partial charge in [-0.3, -0.25) is 14.3 Å². The number of nitrogens with two attached hydrogens (primary N) is 1. The highest BCUT2D eigenvalue weighted by atomic mass is 35.5. The monoisotopic (exact) mass is 571 g/mol. The second kappa shape index (κ2) is 10.4. The number of thiophene rings is 1. The van der Waals surface area contributed by atoms with Crippen LogP contribution < -0.4 is 15.8 Å². The molecule has 0 bridgehead atoms. The average Bonchev–Trinajstić information content (AvgIpc) is 3.60. The standard InChI is InChI=1S/C25H20ClF2N7O3S/c1-12-16(10-34(2)32-12)15-9-18(22(27)28)30-25-19(15)20(21(39-25)23(29)36)31-24(37)17-7-8-35(33-17)11-38-14-5-3-13(26)4-6-14/h3-10,22H,11H2,1-2H3,(H2,29,36)(H,31,37). The topological polar surface area (TPSA) is 130 Å². The molecule has 0 saturated heterocycles. The Bertz CT molecular complexity index is 1710. The van der Waals surface area contributed by atoms with Crippen LogP contribution in [0.15, 0.2) is 48.8 Å². The summed E-state index contributed by atoms with van der Waals surface area (Å²) in [6.07, 6.45) is 0.350. The van der Waals surface area contributed by atoms with Gasteiger partial charge in [-0.05, 0) is 48.9 Å². The lowest BCUT2D eigenvalue weighted by atomic mass is 10.0. The summed E-state index contributed by atoms with van der Waals surface area (Å²) >= 11 is 6.70. The molecule has 0 aliphatic rings. The van der Waals surface area contributed by atoms with Crippen molar-refractivity contribution < 1.29 is 23.1 Å². The predicted molar refractivity (Wildman–Crippen MR) is 142 cm³/mol. The van der Waals surface area contributed by atoms with Crippen molar-refractivity contribution in [2.24, 2.45) is 12.8 Å². The summed E-state index contributed by atoms with van der Waals surface area (Å²) in [7, 11) is 1.70. The van der Waals surface area contributed by atoms with Crippen LogP contribution in [-0.2, 0) is 13.8 Å². The number of carbonyl (C=O) groups excluding carboxylic acids is 2. The number of halogens is 3. The number of ether oxygens (including phenoxy) is 1. The fraction of sp³-hybridized carbons (Fsp3) is 0.160. The van der Waals surface area contributed by atoms with Gasteiger partial charge in [0.25, 0.3) is 18.2 Å². The summed E-state index contributed by atoms with van der Waals surface area (Å²) in [6.45, 7) is 1.75. The third-order valence-corrected chi connectivity index (χ3v) is 7.07. The first-order valence-corrected chi connectivity index (χ1v) is 12.6. The van der Waals surface area contributed by atoms with Gasteiger partial charge in [0.2, 0.25) is 0 Å². The molecule has 14 heteroatoms. The Labute approximate surface area is 229 Å². The van der Waals surface area contributed by atoms with Gasteiger partial charge in [-0.2, -0.15) is 10.2 Å². The molecule has 1 aromatic carbocycles. The van der Waals surface area contributed by atoms with Crippen molar-refractivity contribution in [1.29, 1.82) is 0 Å². The van der Waals surface area contributed by atoms with Crippen molar-refractivity contribution in [1.82, 2.24) is 24.5 Å². The molecule has 5 rings (SSSR count). The molecule has 0 atom stereocenters. The lowest BCUT2D eigenvalue weighted by Gasteiger charge is -2.10. The molecule has 200 valence electrons. The number of nitrogens with zero attached hydrogens (tertiary/aromatic N) is 5. The zero-order chi connectivity index (χ0) is 27.8. The van der Waals surface area contributed by atoms with Gasteiger partial charge in [0.1, 0.15) is 21.2 Å². The van der Waals surface area contributed by atoms with Gasteiger partial charge < -0.3 is 15.8 Å². The number of nitrogens with one attached hydrogen (secondary N) is 1. The number of benzene rings is 1. The minimum absolute atomic E-state index is 0.0214. The Morgan fingerprint density at radius 2 is 1.92 bits per heavy atom. The number of anilines is 1. The first-order chi connectivity index (χ1) is 18.6. The molecule has 0 fully saturated rings. The molecule has 0 spiro atoms. The van der Waals surface area contributed by atoms with Gasteiger partial charge in [-0.15, -0.1) is 11.3 Å². The molecule has 10 nitrogen and oxygen atoms in total. The highest BCUT2D eigenvalue weighted by Gasteiger charge is 2.26. The third kappa shape index (κ3) is 5.31. The van der Waals surface area contributed by atoms with Gasteiger partial charge in [-0.1, -0.05) is 11.6 Å². The molecule has 0 saturated carbocycles. The van der Waals surface area contributed by atoms with Crippen molar-refractivity contribution in [3.63, 3.8) is 0 Å². The molecular weight excluding hydrogens is 552 g/mol. The second-order valence-corrected chi connectivity index (χ2v) is 9.91. The minimum atomic E-state index is -2.86. The van der Waals surface area contributed by atoms with Crippen LogP contribution in [0.4, 0.5) is 14.5 Å². The first kappa shape index (κ1) is 26.3. The van der Waals surface area contributed by atoms with Crippen LogP contribution in [0.25, 0.3) is 21.3 Å². The van der Waals surface area contributed by atoms with E-state index in [9.17, 15) is 18.4 Å². The number of aryl methyl sites for hydroxylation is 2. The van der Waals surface area contributed by atoms with Crippen LogP contribution in [0.5, 0.6) is 5.75 Å². The van der Waals surface area contributed by atoms with Crippen LogP contribution in [0, 0.1) is 6.92 Å². The van der Waals surface area contributed by atoms with Crippen LogP contribution in [0.3, 0.4) is 0 Å². The quantitative estimate of drug-likeness (QED) is 0.264. The van der Waals surface area contributed by atoms with Gasteiger partial charge >= 0.3 is 0 Å². The Kier molecular flexibility index (Phi) is 7.02. The van der Waals surface area contributed by atoms with Gasteiger partial charge in [0, 0.05) is 35.4 Å². The van der Waals surface area contributed by atoms with E-state index >= 15 is 0 Å². The van der Waals surface area contributed by atoms with Crippen molar-refractivity contribution in [3.05, 3.63) is 75.8 Å². The summed E-state index contributed by atoms with van der Waals surface area (Å²) in [5, 5.41) is 12.1. The van der Waals surface area contributed by atoms with E-state index in [2.05, 4.69) is 20.5 Å². The highest BCUT2D eigenvalue weighted by molar-refractivity contribution is 7.21. The predicted octanol–water partition coefficient (Wildman–Crippen LogP) is 5.18. The number of rotatable bonds is 8. The lowest BCUT2D eigenvalue weighted by molar-refractivity contribution is 0.100. The van der Waals surface area contributed by atoms with Crippen molar-refractivity contribution in [2.45, 2.75) is 20.1 Å². The van der Waals surface area contributed by atoms with E-state index in [1.165, 1.54) is 21.5 Å². The van der Waals surface area contributed by atoms with Crippen molar-refractivity contribution >= 4 is 50.7 Å². The van der Waals surface area contributed by atoms with E-state index in [4.69, 9.17) is 22.1 Å². The highest BCUT2D eigenvalue weighted by Crippen LogP contribution is 2.43. The average molecular weight is 572 g/mol. The maximum atomic E-state index is 13.7. The molecular formula is C25H20ClF2N7O3S. The number of amides is 2. The van der Waals surface area contributed by atoms with E-state index < -0.39 is 23.9 Å². The molecule has 0 aliphatic heterocycles. The smallest absolute Gasteiger partial charge is 0.280 e. The molecule has 0 unspecified atom stereocenters. The van der Waals surface area contributed by atoms with E-state index in [1.54, 1.807) is 50.6 Å². The Hall–Kier alpha value is -4.36. The molecule has 4 heterocycles. The van der Waals surface area contributed by atoms with E-state index in [1.807, 2.05) is 0 Å². The number of fused-ring (bicyclic) bond motifs is 1. The van der Waals surface area contributed by atoms with Crippen molar-refractivity contribution in [2.75, 3.05) is 5.32 Å². The third-order valence-electron chi connectivity index (χ3n) is 5.72. The number of aromatic nitrogens is 5. The van der Waals surface area contributed by atoms with Crippen LogP contribution in [0.2, 0.25) is 5.02 Å². The van der Waals surface area contributed by atoms with Crippen molar-refractivity contribution in [3.8, 4) is 16.9 Å². The molecule has 39 heavy (non-hydrogen) atoms. The fourth-order valence-electron chi connectivity index (χ4n) is 4.00. The SMILES string of the molecule is Cc1nn(C)cc1-c1cc(C(F)F)nc2sc(C(N)=O)c(NC(=O)c3ccn(COc4ccc(Cl)cc4)n3)c12. The molecule has 3 N–H and O–H groups in total. The molecule has 5 aromatic rings. The maximum Gasteiger partial charge on any atom is 0.280 e. The Morgan fingerprint density at radius 1 is 1.18 bits per heavy atom. The van der Waals surface area contributed by atoms with Crippen LogP contribution in [0.1, 0.15) is 38.0 Å². The van der Waals surface area contributed by atoms with Crippen LogP contribution >= 0.6 is 22.9 Å². The molecule has 0 radical (unpaired) electrons. The number of hydrogen-bond acceptors (Lipinski definition) is 7. The first-order valence-electron chi connectivity index (χ1n) is 11.4. The molecule has 0 aliphatic carbocycles. The zero-order valence-electron chi connectivity index (χ0n) is 20.5.